The fourth-order valence-corrected chi connectivity index (χ4v) is 2.01. The molecule has 0 heterocycles. The molecule has 3 nitrogen and oxygen atoms in total. The molecule has 3 heteroatoms. The molecule has 0 aliphatic heterocycles. The van der Waals surface area contributed by atoms with Gasteiger partial charge in [0.2, 0.25) is 0 Å². The first-order valence-electron chi connectivity index (χ1n) is 5.98. The lowest BCUT2D eigenvalue weighted by Crippen LogP contribution is -2.38. The molecule has 1 aliphatic rings. The maximum atomic E-state index is 10.5. The summed E-state index contributed by atoms with van der Waals surface area (Å²) in [6.45, 7) is 7.70. The van der Waals surface area contributed by atoms with Crippen LogP contribution in [0.15, 0.2) is 0 Å². The first kappa shape index (κ1) is 12.5. The van der Waals surface area contributed by atoms with Gasteiger partial charge in [-0.1, -0.05) is 13.8 Å². The molecule has 1 fully saturated rings. The Morgan fingerprint density at radius 2 is 2.00 bits per heavy atom. The molecule has 1 saturated carbocycles. The van der Waals surface area contributed by atoms with Crippen LogP contribution in [0.1, 0.15) is 46.5 Å². The summed E-state index contributed by atoms with van der Waals surface area (Å²) in [4.78, 5) is 13.0. The summed E-state index contributed by atoms with van der Waals surface area (Å²) >= 11 is 0. The molecule has 1 atom stereocenters. The lowest BCUT2D eigenvalue weighted by molar-refractivity contribution is -0.137. The fourth-order valence-electron chi connectivity index (χ4n) is 2.01. The first-order valence-corrected chi connectivity index (χ1v) is 5.98. The number of carbonyl (C=O) groups is 1. The van der Waals surface area contributed by atoms with E-state index in [2.05, 4.69) is 25.7 Å². The average Bonchev–Trinajstić information content (AvgIpc) is 2.93. The number of aliphatic carboxylic acids is 1. The first-order chi connectivity index (χ1) is 7.00. The van der Waals surface area contributed by atoms with E-state index in [1.807, 2.05) is 0 Å². The molecular weight excluding hydrogens is 190 g/mol. The molecule has 1 aliphatic carbocycles. The smallest absolute Gasteiger partial charge is 0.303 e. The minimum absolute atomic E-state index is 0.294. The summed E-state index contributed by atoms with van der Waals surface area (Å²) in [5.41, 5.74) is 0. The number of carboxylic acid groups (broad SMARTS) is 1. The van der Waals surface area contributed by atoms with Crippen LogP contribution >= 0.6 is 0 Å². The number of nitrogens with zero attached hydrogens (tertiary/aromatic N) is 1. The molecule has 0 radical (unpaired) electrons. The monoisotopic (exact) mass is 213 g/mol. The topological polar surface area (TPSA) is 40.5 Å². The van der Waals surface area contributed by atoms with Gasteiger partial charge in [0.05, 0.1) is 0 Å². The third kappa shape index (κ3) is 4.65. The van der Waals surface area contributed by atoms with Gasteiger partial charge in [-0.25, -0.2) is 0 Å². The summed E-state index contributed by atoms with van der Waals surface area (Å²) in [7, 11) is 0. The van der Waals surface area contributed by atoms with E-state index in [0.717, 1.165) is 19.0 Å². The standard InChI is InChI=1S/C12H23NO2/c1-9(2)8-13(11-5-6-11)10(3)4-7-12(14)15/h9-11H,4-8H2,1-3H3,(H,14,15). The van der Waals surface area contributed by atoms with Crippen molar-refractivity contribution in [3.63, 3.8) is 0 Å². The fraction of sp³-hybridized carbons (Fsp3) is 0.917. The van der Waals surface area contributed by atoms with Gasteiger partial charge in [0.25, 0.3) is 0 Å². The lowest BCUT2D eigenvalue weighted by atomic mass is 10.1. The van der Waals surface area contributed by atoms with Crippen molar-refractivity contribution in [2.24, 2.45) is 5.92 Å². The molecule has 15 heavy (non-hydrogen) atoms. The van der Waals surface area contributed by atoms with E-state index in [9.17, 15) is 4.79 Å². The highest BCUT2D eigenvalue weighted by Crippen LogP contribution is 2.30. The molecule has 0 aromatic heterocycles. The van der Waals surface area contributed by atoms with Crippen molar-refractivity contribution in [1.82, 2.24) is 4.90 Å². The van der Waals surface area contributed by atoms with E-state index >= 15 is 0 Å². The van der Waals surface area contributed by atoms with Crippen LogP contribution in [0.5, 0.6) is 0 Å². The van der Waals surface area contributed by atoms with Gasteiger partial charge in [-0.3, -0.25) is 9.69 Å². The zero-order chi connectivity index (χ0) is 11.4. The summed E-state index contributed by atoms with van der Waals surface area (Å²) < 4.78 is 0. The van der Waals surface area contributed by atoms with Crippen molar-refractivity contribution < 1.29 is 9.90 Å². The summed E-state index contributed by atoms with van der Waals surface area (Å²) in [5, 5.41) is 8.66. The van der Waals surface area contributed by atoms with Gasteiger partial charge < -0.3 is 5.11 Å². The van der Waals surface area contributed by atoms with Crippen LogP contribution < -0.4 is 0 Å². The van der Waals surface area contributed by atoms with E-state index in [-0.39, 0.29) is 0 Å². The van der Waals surface area contributed by atoms with E-state index in [1.54, 1.807) is 0 Å². The van der Waals surface area contributed by atoms with Crippen molar-refractivity contribution >= 4 is 5.97 Å². The Morgan fingerprint density at radius 1 is 1.40 bits per heavy atom. The van der Waals surface area contributed by atoms with Crippen molar-refractivity contribution in [3.05, 3.63) is 0 Å². The molecular formula is C12H23NO2. The maximum Gasteiger partial charge on any atom is 0.303 e. The third-order valence-electron chi connectivity index (χ3n) is 2.93. The Morgan fingerprint density at radius 3 is 2.40 bits per heavy atom. The Labute approximate surface area is 92.5 Å². The molecule has 0 spiro atoms. The zero-order valence-corrected chi connectivity index (χ0v) is 10.1. The highest BCUT2D eigenvalue weighted by atomic mass is 16.4. The second kappa shape index (κ2) is 5.50. The Bertz CT molecular complexity index is 212. The number of hydrogen-bond donors (Lipinski definition) is 1. The number of hydrogen-bond acceptors (Lipinski definition) is 2. The normalized spacial score (nSPS) is 18.5. The number of carboxylic acids is 1. The summed E-state index contributed by atoms with van der Waals surface area (Å²) in [6, 6.07) is 1.15. The molecule has 1 rings (SSSR count). The lowest BCUT2D eigenvalue weighted by Gasteiger charge is -2.30. The largest absolute Gasteiger partial charge is 0.481 e. The van der Waals surface area contributed by atoms with E-state index < -0.39 is 5.97 Å². The average molecular weight is 213 g/mol. The second-order valence-corrected chi connectivity index (χ2v) is 5.10. The second-order valence-electron chi connectivity index (χ2n) is 5.10. The minimum atomic E-state index is -0.679. The van der Waals surface area contributed by atoms with Gasteiger partial charge in [-0.2, -0.15) is 0 Å². The quantitative estimate of drug-likeness (QED) is 0.705. The van der Waals surface area contributed by atoms with Crippen molar-refractivity contribution in [2.75, 3.05) is 6.54 Å². The highest BCUT2D eigenvalue weighted by Gasteiger charge is 2.32. The highest BCUT2D eigenvalue weighted by molar-refractivity contribution is 5.66. The van der Waals surface area contributed by atoms with Crippen LogP contribution in [0.25, 0.3) is 0 Å². The summed E-state index contributed by atoms with van der Waals surface area (Å²) in [5.74, 6) is -0.0139. The van der Waals surface area contributed by atoms with Gasteiger partial charge in [0.1, 0.15) is 0 Å². The molecule has 0 amide bonds. The molecule has 1 unspecified atom stereocenters. The van der Waals surface area contributed by atoms with Gasteiger partial charge >= 0.3 is 5.97 Å². The van der Waals surface area contributed by atoms with Crippen LogP contribution in [0.2, 0.25) is 0 Å². The molecule has 88 valence electrons. The molecule has 0 bridgehead atoms. The Kier molecular flexibility index (Phi) is 4.58. The number of rotatable bonds is 7. The minimum Gasteiger partial charge on any atom is -0.481 e. The molecule has 1 N–H and O–H groups in total. The predicted molar refractivity (Wildman–Crippen MR) is 60.9 cm³/mol. The van der Waals surface area contributed by atoms with Crippen molar-refractivity contribution in [1.29, 1.82) is 0 Å². The Hall–Kier alpha value is -0.570. The van der Waals surface area contributed by atoms with Crippen LogP contribution in [0.3, 0.4) is 0 Å². The van der Waals surface area contributed by atoms with Gasteiger partial charge in [-0.05, 0) is 32.1 Å². The van der Waals surface area contributed by atoms with E-state index in [0.29, 0.717) is 18.4 Å². The molecule has 0 saturated heterocycles. The summed E-state index contributed by atoms with van der Waals surface area (Å²) in [6.07, 6.45) is 3.66. The van der Waals surface area contributed by atoms with Crippen molar-refractivity contribution in [2.45, 2.75) is 58.5 Å². The Balaban J connectivity index is 2.36. The van der Waals surface area contributed by atoms with Crippen molar-refractivity contribution in [3.8, 4) is 0 Å². The van der Waals surface area contributed by atoms with Gasteiger partial charge in [0, 0.05) is 25.0 Å². The van der Waals surface area contributed by atoms with E-state index in [1.165, 1.54) is 12.8 Å². The molecule has 0 aromatic rings. The van der Waals surface area contributed by atoms with Crippen LogP contribution in [0, 0.1) is 5.92 Å². The predicted octanol–water partition coefficient (Wildman–Crippen LogP) is 2.36. The maximum absolute atomic E-state index is 10.5. The van der Waals surface area contributed by atoms with Gasteiger partial charge in [0.15, 0.2) is 0 Å². The van der Waals surface area contributed by atoms with Crippen LogP contribution in [0.4, 0.5) is 0 Å². The van der Waals surface area contributed by atoms with Crippen LogP contribution in [-0.2, 0) is 4.79 Å². The van der Waals surface area contributed by atoms with Gasteiger partial charge in [-0.15, -0.1) is 0 Å². The zero-order valence-electron chi connectivity index (χ0n) is 10.1. The molecule has 0 aromatic carbocycles. The third-order valence-corrected chi connectivity index (χ3v) is 2.93. The van der Waals surface area contributed by atoms with E-state index in [4.69, 9.17) is 5.11 Å². The SMILES string of the molecule is CC(C)CN(C(C)CCC(=O)O)C1CC1. The van der Waals surface area contributed by atoms with Crippen LogP contribution in [-0.4, -0.2) is 34.6 Å².